The third-order valence-corrected chi connectivity index (χ3v) is 2.48. The Balaban J connectivity index is 1.65. The highest BCUT2D eigenvalue weighted by Gasteiger charge is 2.28. The third-order valence-electron chi connectivity index (χ3n) is 2.48. The van der Waals surface area contributed by atoms with Crippen LogP contribution < -0.4 is 15.8 Å². The van der Waals surface area contributed by atoms with Crippen LogP contribution in [0.2, 0.25) is 0 Å². The molecular weight excluding hydrogens is 204 g/mol. The predicted molar refractivity (Wildman–Crippen MR) is 62.1 cm³/mol. The molecule has 0 aliphatic heterocycles. The van der Waals surface area contributed by atoms with Gasteiger partial charge in [0.1, 0.15) is 12.4 Å². The van der Waals surface area contributed by atoms with Gasteiger partial charge in [0.2, 0.25) is 5.91 Å². The first-order valence-electron chi connectivity index (χ1n) is 5.52. The average molecular weight is 220 g/mol. The zero-order chi connectivity index (χ0) is 11.4. The van der Waals surface area contributed by atoms with Gasteiger partial charge in [-0.25, -0.2) is 0 Å². The molecule has 0 radical (unpaired) electrons. The summed E-state index contributed by atoms with van der Waals surface area (Å²) in [6, 6.07) is 7.26. The Morgan fingerprint density at radius 2 is 2.31 bits per heavy atom. The maximum Gasteiger partial charge on any atom is 0.223 e. The molecule has 2 rings (SSSR count). The predicted octanol–water partition coefficient (Wildman–Crippen LogP) is 1.17. The van der Waals surface area contributed by atoms with Crippen molar-refractivity contribution in [2.45, 2.75) is 12.8 Å². The Labute approximate surface area is 94.8 Å². The average Bonchev–Trinajstić information content (AvgIpc) is 3.08. The van der Waals surface area contributed by atoms with Crippen LogP contribution in [-0.4, -0.2) is 19.1 Å². The topological polar surface area (TPSA) is 64.3 Å². The quantitative estimate of drug-likeness (QED) is 0.578. The Bertz CT molecular complexity index is 375. The molecular formula is C12H16N2O2. The lowest BCUT2D eigenvalue weighted by Crippen LogP contribution is -2.29. The Kier molecular flexibility index (Phi) is 3.29. The van der Waals surface area contributed by atoms with Crippen molar-refractivity contribution >= 4 is 11.6 Å². The minimum absolute atomic E-state index is 0.149. The van der Waals surface area contributed by atoms with Crippen LogP contribution in [0.15, 0.2) is 24.3 Å². The van der Waals surface area contributed by atoms with Crippen molar-refractivity contribution in [1.29, 1.82) is 0 Å². The first kappa shape index (κ1) is 10.8. The number of ether oxygens (including phenoxy) is 1. The van der Waals surface area contributed by atoms with Crippen molar-refractivity contribution in [3.05, 3.63) is 24.3 Å². The van der Waals surface area contributed by atoms with E-state index in [1.807, 2.05) is 18.2 Å². The molecule has 1 aromatic carbocycles. The van der Waals surface area contributed by atoms with Crippen LogP contribution in [0.5, 0.6) is 5.75 Å². The fraction of sp³-hybridized carbons (Fsp3) is 0.417. The highest BCUT2D eigenvalue weighted by Crippen LogP contribution is 2.28. The molecule has 4 nitrogen and oxygen atoms in total. The van der Waals surface area contributed by atoms with Gasteiger partial charge in [0.05, 0.1) is 6.54 Å². The first-order valence-corrected chi connectivity index (χ1v) is 5.52. The van der Waals surface area contributed by atoms with Gasteiger partial charge in [-0.1, -0.05) is 6.07 Å². The molecule has 0 unspecified atom stereocenters. The Hall–Kier alpha value is -1.71. The van der Waals surface area contributed by atoms with Crippen molar-refractivity contribution in [2.75, 3.05) is 18.9 Å². The molecule has 1 aliphatic carbocycles. The number of anilines is 1. The summed E-state index contributed by atoms with van der Waals surface area (Å²) in [4.78, 5) is 11.3. The lowest BCUT2D eigenvalue weighted by molar-refractivity contribution is -0.122. The van der Waals surface area contributed by atoms with Crippen molar-refractivity contribution in [1.82, 2.24) is 5.32 Å². The number of amides is 1. The summed E-state index contributed by atoms with van der Waals surface area (Å²) in [5.41, 5.74) is 6.29. The van der Waals surface area contributed by atoms with Crippen molar-refractivity contribution in [2.24, 2.45) is 5.92 Å². The van der Waals surface area contributed by atoms with E-state index in [0.717, 1.165) is 18.6 Å². The molecule has 0 heterocycles. The minimum atomic E-state index is 0.149. The molecule has 1 aliphatic rings. The van der Waals surface area contributed by atoms with E-state index in [1.165, 1.54) is 0 Å². The molecule has 86 valence electrons. The summed E-state index contributed by atoms with van der Waals surface area (Å²) < 4.78 is 5.44. The molecule has 0 bridgehead atoms. The number of nitrogen functional groups attached to an aromatic ring is 1. The molecule has 0 spiro atoms. The first-order chi connectivity index (χ1) is 7.75. The second kappa shape index (κ2) is 4.88. The number of carbonyl (C=O) groups is 1. The number of carbonyl (C=O) groups excluding carboxylic acids is 1. The summed E-state index contributed by atoms with van der Waals surface area (Å²) in [7, 11) is 0. The van der Waals surface area contributed by atoms with E-state index in [-0.39, 0.29) is 11.8 Å². The van der Waals surface area contributed by atoms with Gasteiger partial charge in [-0.05, 0) is 25.0 Å². The molecule has 0 aromatic heterocycles. The summed E-state index contributed by atoms with van der Waals surface area (Å²) >= 11 is 0. The number of nitrogens with one attached hydrogen (secondary N) is 1. The zero-order valence-corrected chi connectivity index (χ0v) is 9.11. The second-order valence-corrected chi connectivity index (χ2v) is 3.99. The fourth-order valence-corrected chi connectivity index (χ4v) is 1.44. The Morgan fingerprint density at radius 3 is 3.00 bits per heavy atom. The van der Waals surface area contributed by atoms with Gasteiger partial charge in [0.25, 0.3) is 0 Å². The van der Waals surface area contributed by atoms with E-state index in [0.29, 0.717) is 18.8 Å². The largest absolute Gasteiger partial charge is 0.492 e. The molecule has 3 N–H and O–H groups in total. The van der Waals surface area contributed by atoms with Gasteiger partial charge in [-0.3, -0.25) is 4.79 Å². The van der Waals surface area contributed by atoms with Gasteiger partial charge in [-0.15, -0.1) is 0 Å². The molecule has 1 fully saturated rings. The van der Waals surface area contributed by atoms with Crippen LogP contribution in [-0.2, 0) is 4.79 Å². The zero-order valence-electron chi connectivity index (χ0n) is 9.11. The third kappa shape index (κ3) is 3.15. The molecule has 4 heteroatoms. The second-order valence-electron chi connectivity index (χ2n) is 3.99. The van der Waals surface area contributed by atoms with Crippen LogP contribution in [0.3, 0.4) is 0 Å². The van der Waals surface area contributed by atoms with E-state index in [2.05, 4.69) is 5.32 Å². The fourth-order valence-electron chi connectivity index (χ4n) is 1.44. The van der Waals surface area contributed by atoms with Crippen LogP contribution >= 0.6 is 0 Å². The molecule has 16 heavy (non-hydrogen) atoms. The highest BCUT2D eigenvalue weighted by atomic mass is 16.5. The normalized spacial score (nSPS) is 14.5. The molecule has 1 saturated carbocycles. The van der Waals surface area contributed by atoms with Crippen LogP contribution in [0, 0.1) is 5.92 Å². The number of hydrogen-bond acceptors (Lipinski definition) is 3. The molecule has 0 saturated heterocycles. The number of nitrogens with two attached hydrogens (primary N) is 1. The van der Waals surface area contributed by atoms with Gasteiger partial charge >= 0.3 is 0 Å². The number of rotatable bonds is 5. The summed E-state index contributed by atoms with van der Waals surface area (Å²) in [6.07, 6.45) is 2.06. The van der Waals surface area contributed by atoms with Crippen LogP contribution in [0.4, 0.5) is 5.69 Å². The summed E-state index contributed by atoms with van der Waals surface area (Å²) in [5.74, 6) is 1.14. The molecule has 1 amide bonds. The summed E-state index contributed by atoms with van der Waals surface area (Å²) in [6.45, 7) is 1.02. The van der Waals surface area contributed by atoms with E-state index in [1.54, 1.807) is 6.07 Å². The van der Waals surface area contributed by atoms with Gasteiger partial charge in [-0.2, -0.15) is 0 Å². The van der Waals surface area contributed by atoms with Crippen LogP contribution in [0.1, 0.15) is 12.8 Å². The standard InChI is InChI=1S/C12H16N2O2/c13-10-2-1-3-11(8-10)16-7-6-14-12(15)9-4-5-9/h1-3,8-9H,4-7,13H2,(H,14,15). The van der Waals surface area contributed by atoms with Crippen molar-refractivity contribution in [3.8, 4) is 5.75 Å². The van der Waals surface area contributed by atoms with E-state index in [4.69, 9.17) is 10.5 Å². The van der Waals surface area contributed by atoms with Gasteiger partial charge < -0.3 is 15.8 Å². The number of hydrogen-bond donors (Lipinski definition) is 2. The highest BCUT2D eigenvalue weighted by molar-refractivity contribution is 5.80. The number of benzene rings is 1. The SMILES string of the molecule is Nc1cccc(OCCNC(=O)C2CC2)c1. The monoisotopic (exact) mass is 220 g/mol. The lowest BCUT2D eigenvalue weighted by atomic mass is 10.3. The van der Waals surface area contributed by atoms with E-state index in [9.17, 15) is 4.79 Å². The molecule has 0 atom stereocenters. The Morgan fingerprint density at radius 1 is 1.50 bits per heavy atom. The minimum Gasteiger partial charge on any atom is -0.492 e. The molecule has 1 aromatic rings. The van der Waals surface area contributed by atoms with Gasteiger partial charge in [0, 0.05) is 17.7 Å². The maximum absolute atomic E-state index is 11.3. The smallest absolute Gasteiger partial charge is 0.223 e. The lowest BCUT2D eigenvalue weighted by Gasteiger charge is -2.07. The van der Waals surface area contributed by atoms with E-state index >= 15 is 0 Å². The maximum atomic E-state index is 11.3. The van der Waals surface area contributed by atoms with Crippen molar-refractivity contribution in [3.63, 3.8) is 0 Å². The van der Waals surface area contributed by atoms with E-state index < -0.39 is 0 Å². The van der Waals surface area contributed by atoms with Gasteiger partial charge in [0.15, 0.2) is 0 Å². The van der Waals surface area contributed by atoms with Crippen molar-refractivity contribution < 1.29 is 9.53 Å². The van der Waals surface area contributed by atoms with Crippen LogP contribution in [0.25, 0.3) is 0 Å². The summed E-state index contributed by atoms with van der Waals surface area (Å²) in [5, 5.41) is 2.83.